The fourth-order valence-corrected chi connectivity index (χ4v) is 8.95. The van der Waals surface area contributed by atoms with Gasteiger partial charge in [-0.05, 0) is 144 Å². The first-order valence-electron chi connectivity index (χ1n) is 24.8. The molecule has 4 aromatic rings. The molecule has 12 N–H and O–H groups in total. The summed E-state index contributed by atoms with van der Waals surface area (Å²) in [6, 6.07) is 16.4. The third-order valence-corrected chi connectivity index (χ3v) is 12.8. The van der Waals surface area contributed by atoms with E-state index in [0.29, 0.717) is 71.1 Å². The van der Waals surface area contributed by atoms with Crippen LogP contribution in [0.2, 0.25) is 0 Å². The number of ether oxygens (including phenoxy) is 3. The molecule has 72 heavy (non-hydrogen) atoms. The number of likely N-dealkylation sites (N-methyl/N-ethyl adjacent to an activating group) is 1. The largest absolute Gasteiger partial charge is 0.493 e. The highest BCUT2D eigenvalue weighted by molar-refractivity contribution is 6.03. The van der Waals surface area contributed by atoms with Gasteiger partial charge in [0.2, 0.25) is 23.6 Å². The number of aryl methyl sites for hydroxylation is 1. The average molecular weight is 988 g/mol. The number of aromatic nitrogens is 1. The van der Waals surface area contributed by atoms with Gasteiger partial charge in [-0.3, -0.25) is 29.0 Å². The van der Waals surface area contributed by atoms with Gasteiger partial charge in [0.05, 0.1) is 42.3 Å². The molecule has 4 bridgehead atoms. The third kappa shape index (κ3) is 14.0. The van der Waals surface area contributed by atoms with Crippen molar-refractivity contribution in [2.75, 3.05) is 52.2 Å². The van der Waals surface area contributed by atoms with E-state index in [1.165, 1.54) is 31.7 Å². The Labute approximate surface area is 421 Å². The highest BCUT2D eigenvalue weighted by atomic mass is 16.5. The molecule has 19 heteroatoms. The number of carbonyl (C=O) groups excluding carboxylic acids is 5. The van der Waals surface area contributed by atoms with E-state index >= 15 is 0 Å². The summed E-state index contributed by atoms with van der Waals surface area (Å²) in [7, 11) is 1.42. The Balaban J connectivity index is 1.34. The van der Waals surface area contributed by atoms with E-state index in [1.54, 1.807) is 49.4 Å². The third-order valence-electron chi connectivity index (χ3n) is 12.8. The van der Waals surface area contributed by atoms with E-state index in [0.717, 1.165) is 37.0 Å². The first-order valence-corrected chi connectivity index (χ1v) is 24.8. The fraction of sp³-hybridized carbons (Fsp3) is 0.453. The Morgan fingerprint density at radius 1 is 0.861 bits per heavy atom. The van der Waals surface area contributed by atoms with Gasteiger partial charge in [0.15, 0.2) is 0 Å². The van der Waals surface area contributed by atoms with E-state index in [1.807, 2.05) is 30.3 Å². The maximum atomic E-state index is 14.8. The number of hydrogen-bond donors (Lipinski definition) is 8. The van der Waals surface area contributed by atoms with E-state index < -0.39 is 53.7 Å². The number of hydrogen-bond acceptors (Lipinski definition) is 14. The van der Waals surface area contributed by atoms with Crippen LogP contribution in [0.25, 0.3) is 22.4 Å². The molecule has 1 fully saturated rings. The number of rotatable bonds is 19. The molecule has 384 valence electrons. The molecule has 2 aliphatic rings. The van der Waals surface area contributed by atoms with E-state index in [-0.39, 0.29) is 56.5 Å². The fourth-order valence-electron chi connectivity index (χ4n) is 8.95. The number of nitriles is 1. The Kier molecular flexibility index (Phi) is 19.7. The lowest BCUT2D eigenvalue weighted by atomic mass is 9.93. The molecule has 5 amide bonds. The number of nitrogens with zero attached hydrogens (tertiary/aromatic N) is 3. The van der Waals surface area contributed by atoms with Gasteiger partial charge in [-0.25, -0.2) is 0 Å². The zero-order chi connectivity index (χ0) is 51.7. The van der Waals surface area contributed by atoms with Gasteiger partial charge in [-0.15, -0.1) is 0 Å². The smallest absolute Gasteiger partial charge is 0.255 e. The van der Waals surface area contributed by atoms with Crippen LogP contribution in [-0.4, -0.2) is 110 Å². The van der Waals surface area contributed by atoms with Gasteiger partial charge in [-0.1, -0.05) is 25.0 Å². The first-order chi connectivity index (χ1) is 34.8. The van der Waals surface area contributed by atoms with Crippen LogP contribution in [0.1, 0.15) is 97.9 Å². The normalized spacial score (nSPS) is 17.7. The van der Waals surface area contributed by atoms with Crippen molar-refractivity contribution in [3.8, 4) is 45.7 Å². The minimum atomic E-state index is -1.42. The van der Waals surface area contributed by atoms with Crippen LogP contribution in [0.3, 0.4) is 0 Å². The van der Waals surface area contributed by atoms with E-state index in [4.69, 9.17) is 42.1 Å². The summed E-state index contributed by atoms with van der Waals surface area (Å²) in [5, 5.41) is 20.0. The average Bonchev–Trinajstić information content (AvgIpc) is 3.64. The van der Waals surface area contributed by atoms with Crippen molar-refractivity contribution in [1.29, 1.82) is 5.26 Å². The second kappa shape index (κ2) is 26.3. The summed E-state index contributed by atoms with van der Waals surface area (Å²) in [5.74, 6) is -1.80. The predicted molar refractivity (Wildman–Crippen MR) is 273 cm³/mol. The quantitative estimate of drug-likeness (QED) is 0.0378. The van der Waals surface area contributed by atoms with Gasteiger partial charge in [0, 0.05) is 35.8 Å². The number of benzene rings is 3. The van der Waals surface area contributed by atoms with Crippen LogP contribution in [0.15, 0.2) is 66.7 Å². The number of amides is 5. The highest BCUT2D eigenvalue weighted by Crippen LogP contribution is 2.40. The molecule has 3 aromatic carbocycles. The highest BCUT2D eigenvalue weighted by Gasteiger charge is 2.36. The lowest BCUT2D eigenvalue weighted by molar-refractivity contribution is -0.141. The SMILES string of the molecule is Cc1nc(-c2ccc(OC3CCCCCC3)cc2)cc(N)c1C(=O)NC(CCN)C(=O)N(C)[C@@H]1C(=O)N[C@@H](C)C(=O)N[C@H](C(=O)NCC#N)Cc2ccc(OCCCN)c(c2)-c2cc1ccc2OCCCN. The summed E-state index contributed by atoms with van der Waals surface area (Å²) in [5.41, 5.74) is 28.1. The molecule has 1 unspecified atom stereocenters. The molecule has 0 radical (unpaired) electrons. The molecule has 0 spiro atoms. The number of pyridine rings is 1. The monoisotopic (exact) mass is 988 g/mol. The maximum Gasteiger partial charge on any atom is 0.255 e. The zero-order valence-electron chi connectivity index (χ0n) is 41.5. The number of nitrogens with two attached hydrogens (primary N) is 4. The second-order valence-electron chi connectivity index (χ2n) is 18.2. The Morgan fingerprint density at radius 2 is 1.51 bits per heavy atom. The molecular weight excluding hydrogens is 919 g/mol. The Bertz CT molecular complexity index is 2550. The molecule has 1 aliphatic heterocycles. The number of fused-ring (bicyclic) bond motifs is 5. The van der Waals surface area contributed by atoms with Crippen LogP contribution >= 0.6 is 0 Å². The zero-order valence-corrected chi connectivity index (χ0v) is 41.5. The molecule has 1 saturated carbocycles. The topological polar surface area (TPSA) is 305 Å². The molecule has 4 atom stereocenters. The van der Waals surface area contributed by atoms with Crippen molar-refractivity contribution in [3.05, 3.63) is 89.1 Å². The minimum Gasteiger partial charge on any atom is -0.493 e. The van der Waals surface area contributed by atoms with Gasteiger partial charge in [-0.2, -0.15) is 5.26 Å². The summed E-state index contributed by atoms with van der Waals surface area (Å²) < 4.78 is 18.8. The first kappa shape index (κ1) is 54.1. The summed E-state index contributed by atoms with van der Waals surface area (Å²) in [4.78, 5) is 76.9. The van der Waals surface area contributed by atoms with Crippen LogP contribution in [0.4, 0.5) is 5.69 Å². The van der Waals surface area contributed by atoms with Crippen molar-refractivity contribution in [3.63, 3.8) is 0 Å². The van der Waals surface area contributed by atoms with Crippen molar-refractivity contribution < 1.29 is 38.2 Å². The van der Waals surface area contributed by atoms with E-state index in [9.17, 15) is 29.2 Å². The number of nitrogen functional groups attached to an aromatic ring is 1. The number of anilines is 1. The van der Waals surface area contributed by atoms with Gasteiger partial charge in [0.1, 0.15) is 48.0 Å². The van der Waals surface area contributed by atoms with Crippen LogP contribution in [0.5, 0.6) is 17.2 Å². The number of carbonyl (C=O) groups is 5. The molecule has 19 nitrogen and oxygen atoms in total. The van der Waals surface area contributed by atoms with Crippen molar-refractivity contribution in [2.45, 2.75) is 108 Å². The van der Waals surface area contributed by atoms with Gasteiger partial charge < -0.3 is 63.3 Å². The Hall–Kier alpha value is -7.27. The number of nitrogens with one attached hydrogen (secondary N) is 4. The summed E-state index contributed by atoms with van der Waals surface area (Å²) >= 11 is 0. The molecule has 1 aromatic heterocycles. The lowest BCUT2D eigenvalue weighted by Gasteiger charge is -2.32. The van der Waals surface area contributed by atoms with Crippen LogP contribution < -0.4 is 58.4 Å². The molecular formula is C53H69N11O8. The van der Waals surface area contributed by atoms with Gasteiger partial charge in [0.25, 0.3) is 5.91 Å². The summed E-state index contributed by atoms with van der Waals surface area (Å²) in [6.45, 7) is 4.04. The molecule has 0 saturated heterocycles. The Morgan fingerprint density at radius 3 is 2.14 bits per heavy atom. The molecule has 2 heterocycles. The predicted octanol–water partition coefficient (Wildman–Crippen LogP) is 3.70. The van der Waals surface area contributed by atoms with Crippen LogP contribution in [-0.2, 0) is 25.6 Å². The van der Waals surface area contributed by atoms with Gasteiger partial charge >= 0.3 is 0 Å². The van der Waals surface area contributed by atoms with Crippen LogP contribution in [0, 0.1) is 18.3 Å². The van der Waals surface area contributed by atoms with Crippen molar-refractivity contribution >= 4 is 35.2 Å². The molecule has 6 rings (SSSR count). The lowest BCUT2D eigenvalue weighted by Crippen LogP contribution is -2.56. The standard InChI is InChI=1S/C53H69N11O8/c1-32-47(41(58)31-43(60-32)35-13-16-38(17-14-35)72-37-10-6-4-5-7-11-37)51(67)62-42(20-23-56)53(69)64(3)48-36-15-19-46(71-27-9-22-55)40(30-36)39-28-34(12-18-45(39)70-26-8-21-54)29-44(50(66)59-25-24-57)63-49(65)33(2)61-52(48)68/h12-19,28,30-31,33,37,42,44,48H,4-11,20-23,25-27,29,54-56H2,1-3H3,(H2,58,60)(H,59,66)(H,61,68)(H,62,67)(H,63,65)/t33-,42?,44-,48-/m0/s1. The molecule has 1 aliphatic carbocycles. The second-order valence-corrected chi connectivity index (χ2v) is 18.2. The maximum absolute atomic E-state index is 14.8. The summed E-state index contributed by atoms with van der Waals surface area (Å²) in [6.07, 6.45) is 8.09. The van der Waals surface area contributed by atoms with Crippen molar-refractivity contribution in [2.24, 2.45) is 17.2 Å². The minimum absolute atomic E-state index is 0.00619. The van der Waals surface area contributed by atoms with Crippen molar-refractivity contribution in [1.82, 2.24) is 31.2 Å². The van der Waals surface area contributed by atoms with E-state index in [2.05, 4.69) is 21.3 Å².